The van der Waals surface area contributed by atoms with Gasteiger partial charge in [-0.1, -0.05) is 0 Å². The van der Waals surface area contributed by atoms with Gasteiger partial charge >= 0.3 is 25.5 Å². The number of amides is 1. The molecule has 0 aromatic carbocycles. The Morgan fingerprint density at radius 2 is 1.40 bits per heavy atom. The number of hydrogen-bond donors (Lipinski definition) is 1. The maximum absolute atomic E-state index is 12.7. The van der Waals surface area contributed by atoms with Crippen LogP contribution in [0.5, 0.6) is 0 Å². The molecule has 0 radical (unpaired) electrons. The van der Waals surface area contributed by atoms with Crippen LogP contribution in [0.2, 0.25) is 0 Å². The van der Waals surface area contributed by atoms with Gasteiger partial charge in [-0.05, 0) is 0 Å². The van der Waals surface area contributed by atoms with Crippen molar-refractivity contribution in [2.75, 3.05) is 27.0 Å². The zero-order chi connectivity index (χ0) is 23.1. The summed E-state index contributed by atoms with van der Waals surface area (Å²) in [6.45, 7) is 4.32. The molecular weight excluding hydrogens is 425 g/mol. The molecular formula is C17H28NO11P. The van der Waals surface area contributed by atoms with Gasteiger partial charge in [0.05, 0.1) is 18.3 Å². The average molecular weight is 453 g/mol. The van der Waals surface area contributed by atoms with E-state index in [9.17, 15) is 23.7 Å². The lowest BCUT2D eigenvalue weighted by Crippen LogP contribution is -2.66. The number of nitrogens with one attached hydrogen (secondary N) is 1. The van der Waals surface area contributed by atoms with Crippen LogP contribution in [-0.4, -0.2) is 81.3 Å². The molecule has 0 aromatic rings. The highest BCUT2D eigenvalue weighted by molar-refractivity contribution is 7.53. The van der Waals surface area contributed by atoms with Crippen LogP contribution in [0.4, 0.5) is 0 Å². The standard InChI is InChI=1S/C17H28NO11P/c1-9(19)18-15-14(8-30(23,24-5)25-6)29-13(7-26-10(2)20)16(27-11(3)21)17(15)28-12(4)22/h13-17H,7-8H2,1-6H3,(H,18,19)/t13-,14+,15+,16-,17-/m1/s1. The van der Waals surface area contributed by atoms with Crippen molar-refractivity contribution in [3.05, 3.63) is 0 Å². The fourth-order valence-corrected chi connectivity index (χ4v) is 4.23. The summed E-state index contributed by atoms with van der Waals surface area (Å²) < 4.78 is 44.1. The van der Waals surface area contributed by atoms with Crippen molar-refractivity contribution in [1.29, 1.82) is 0 Å². The van der Waals surface area contributed by atoms with E-state index in [1.165, 1.54) is 28.1 Å². The maximum Gasteiger partial charge on any atom is 0.332 e. The monoisotopic (exact) mass is 453 g/mol. The van der Waals surface area contributed by atoms with E-state index in [-0.39, 0.29) is 12.8 Å². The van der Waals surface area contributed by atoms with Gasteiger partial charge in [-0.2, -0.15) is 0 Å². The molecule has 1 fully saturated rings. The van der Waals surface area contributed by atoms with Gasteiger partial charge in [-0.15, -0.1) is 0 Å². The number of esters is 3. The van der Waals surface area contributed by atoms with Crippen LogP contribution in [0.25, 0.3) is 0 Å². The van der Waals surface area contributed by atoms with Gasteiger partial charge in [0.25, 0.3) is 0 Å². The van der Waals surface area contributed by atoms with Crippen molar-refractivity contribution < 1.29 is 51.7 Å². The van der Waals surface area contributed by atoms with E-state index >= 15 is 0 Å². The second-order valence-electron chi connectivity index (χ2n) is 6.55. The van der Waals surface area contributed by atoms with Crippen LogP contribution in [0.1, 0.15) is 27.7 Å². The molecule has 1 aliphatic rings. The third kappa shape index (κ3) is 7.67. The molecule has 0 spiro atoms. The van der Waals surface area contributed by atoms with E-state index in [0.717, 1.165) is 13.8 Å². The second kappa shape index (κ2) is 11.4. The van der Waals surface area contributed by atoms with Gasteiger partial charge < -0.3 is 33.3 Å². The first-order valence-corrected chi connectivity index (χ1v) is 10.8. The largest absolute Gasteiger partial charge is 0.463 e. The van der Waals surface area contributed by atoms with Crippen LogP contribution < -0.4 is 5.32 Å². The Bertz CT molecular complexity index is 689. The summed E-state index contributed by atoms with van der Waals surface area (Å²) in [5.41, 5.74) is 0. The molecule has 1 heterocycles. The SMILES string of the molecule is COP(=O)(C[C@@H]1O[C@H](COC(C)=O)[C@@H](OC(C)=O)[C@H](OC(C)=O)[C@H]1NC(C)=O)OC. The van der Waals surface area contributed by atoms with Gasteiger partial charge in [0.1, 0.15) is 12.7 Å². The van der Waals surface area contributed by atoms with Crippen LogP contribution >= 0.6 is 7.60 Å². The molecule has 1 saturated heterocycles. The van der Waals surface area contributed by atoms with E-state index in [1.807, 2.05) is 0 Å². The summed E-state index contributed by atoms with van der Waals surface area (Å²) in [6, 6.07) is -1.07. The Morgan fingerprint density at radius 1 is 0.867 bits per heavy atom. The Balaban J connectivity index is 3.41. The van der Waals surface area contributed by atoms with E-state index < -0.39 is 61.9 Å². The molecule has 0 unspecified atom stereocenters. The highest BCUT2D eigenvalue weighted by Crippen LogP contribution is 2.48. The van der Waals surface area contributed by atoms with Crippen LogP contribution in [0.15, 0.2) is 0 Å². The van der Waals surface area contributed by atoms with Crippen LogP contribution in [0, 0.1) is 0 Å². The third-order valence-corrected chi connectivity index (χ3v) is 6.10. The summed E-state index contributed by atoms with van der Waals surface area (Å²) >= 11 is 0. The van der Waals surface area contributed by atoms with Crippen LogP contribution in [-0.2, 0) is 51.7 Å². The topological polar surface area (TPSA) is 153 Å². The van der Waals surface area contributed by atoms with E-state index in [4.69, 9.17) is 28.0 Å². The number of carbonyl (C=O) groups is 4. The molecule has 172 valence electrons. The van der Waals surface area contributed by atoms with Gasteiger partial charge in [-0.3, -0.25) is 23.7 Å². The van der Waals surface area contributed by atoms with Gasteiger partial charge in [0.15, 0.2) is 12.2 Å². The molecule has 30 heavy (non-hydrogen) atoms. The normalized spacial score (nSPS) is 26.4. The lowest BCUT2D eigenvalue weighted by Gasteiger charge is -2.45. The molecule has 12 nitrogen and oxygen atoms in total. The Labute approximate surface area is 174 Å². The molecule has 13 heteroatoms. The van der Waals surface area contributed by atoms with Crippen molar-refractivity contribution in [1.82, 2.24) is 5.32 Å². The first-order chi connectivity index (χ1) is 13.9. The minimum atomic E-state index is -3.64. The predicted octanol–water partition coefficient (Wildman–Crippen LogP) is 0.171. The van der Waals surface area contributed by atoms with E-state index in [1.54, 1.807) is 0 Å². The fourth-order valence-electron chi connectivity index (χ4n) is 3.02. The Hall–Kier alpha value is -2.01. The molecule has 0 saturated carbocycles. The highest BCUT2D eigenvalue weighted by Gasteiger charge is 2.52. The zero-order valence-electron chi connectivity index (χ0n) is 17.7. The minimum absolute atomic E-state index is 0.327. The summed E-state index contributed by atoms with van der Waals surface area (Å²) in [7, 11) is -1.27. The van der Waals surface area contributed by atoms with Crippen molar-refractivity contribution in [2.24, 2.45) is 0 Å². The molecule has 1 rings (SSSR count). The molecule has 0 aromatic heterocycles. The highest BCUT2D eigenvalue weighted by atomic mass is 31.2. The second-order valence-corrected chi connectivity index (χ2v) is 8.87. The summed E-state index contributed by atoms with van der Waals surface area (Å²) in [4.78, 5) is 46.5. The molecule has 0 aliphatic carbocycles. The van der Waals surface area contributed by atoms with Crippen molar-refractivity contribution in [3.8, 4) is 0 Å². The van der Waals surface area contributed by atoms with Gasteiger partial charge in [0.2, 0.25) is 5.91 Å². The number of hydrogen-bond acceptors (Lipinski definition) is 11. The fraction of sp³-hybridized carbons (Fsp3) is 0.765. The first-order valence-electron chi connectivity index (χ1n) is 9.03. The summed E-state index contributed by atoms with van der Waals surface area (Å²) in [6.07, 6.45) is -4.91. The van der Waals surface area contributed by atoms with Crippen LogP contribution in [0.3, 0.4) is 0 Å². The lowest BCUT2D eigenvalue weighted by molar-refractivity contribution is -0.220. The summed E-state index contributed by atoms with van der Waals surface area (Å²) in [5.74, 6) is -2.56. The Morgan fingerprint density at radius 3 is 1.83 bits per heavy atom. The van der Waals surface area contributed by atoms with Crippen molar-refractivity contribution in [2.45, 2.75) is 58.2 Å². The number of rotatable bonds is 9. The number of carbonyl (C=O) groups excluding carboxylic acids is 4. The third-order valence-electron chi connectivity index (χ3n) is 4.18. The van der Waals surface area contributed by atoms with Crippen molar-refractivity contribution >= 4 is 31.4 Å². The summed E-state index contributed by atoms with van der Waals surface area (Å²) in [5, 5.41) is 2.57. The zero-order valence-corrected chi connectivity index (χ0v) is 18.6. The van der Waals surface area contributed by atoms with Gasteiger partial charge in [0, 0.05) is 41.9 Å². The first kappa shape index (κ1) is 26.0. The molecule has 1 aliphatic heterocycles. The predicted molar refractivity (Wildman–Crippen MR) is 100 cm³/mol. The molecule has 1 amide bonds. The van der Waals surface area contributed by atoms with Crippen molar-refractivity contribution in [3.63, 3.8) is 0 Å². The molecule has 5 atom stereocenters. The van der Waals surface area contributed by atoms with E-state index in [2.05, 4.69) is 5.32 Å². The molecule has 1 N–H and O–H groups in total. The van der Waals surface area contributed by atoms with Gasteiger partial charge in [-0.25, -0.2) is 0 Å². The maximum atomic E-state index is 12.7. The minimum Gasteiger partial charge on any atom is -0.463 e. The molecule has 0 bridgehead atoms. The average Bonchev–Trinajstić information content (AvgIpc) is 2.63. The quantitative estimate of drug-likeness (QED) is 0.289. The number of ether oxygens (including phenoxy) is 4. The Kier molecular flexibility index (Phi) is 9.89. The van der Waals surface area contributed by atoms with E-state index in [0.29, 0.717) is 0 Å². The lowest BCUT2D eigenvalue weighted by atomic mass is 9.92. The smallest absolute Gasteiger partial charge is 0.332 e.